The number of anilines is 1. The molecule has 2 aromatic carbocycles. The van der Waals surface area contributed by atoms with E-state index in [4.69, 9.17) is 4.74 Å². The van der Waals surface area contributed by atoms with Gasteiger partial charge in [-0.3, -0.25) is 9.52 Å². The SMILES string of the molecule is CCS(=O)(=O)CCNC(=O)c1ccc(C)c(S(=O)(=O)Nc2ccc(OC)cc2)c1. The fourth-order valence-corrected chi connectivity index (χ4v) is 4.50. The Morgan fingerprint density at radius 2 is 1.69 bits per heavy atom. The van der Waals surface area contributed by atoms with Crippen LogP contribution in [0, 0.1) is 6.92 Å². The number of ether oxygens (including phenoxy) is 1. The topological polar surface area (TPSA) is 119 Å². The zero-order valence-corrected chi connectivity index (χ0v) is 18.1. The summed E-state index contributed by atoms with van der Waals surface area (Å²) >= 11 is 0. The van der Waals surface area contributed by atoms with Gasteiger partial charge in [0.1, 0.15) is 5.75 Å². The van der Waals surface area contributed by atoms with Crippen molar-refractivity contribution in [3.05, 3.63) is 53.6 Å². The highest BCUT2D eigenvalue weighted by Crippen LogP contribution is 2.22. The molecule has 1 amide bonds. The summed E-state index contributed by atoms with van der Waals surface area (Å²) in [5, 5.41) is 2.50. The molecule has 0 heterocycles. The molecule has 0 aromatic heterocycles. The summed E-state index contributed by atoms with van der Waals surface area (Å²) in [6, 6.07) is 10.7. The minimum Gasteiger partial charge on any atom is -0.497 e. The Morgan fingerprint density at radius 3 is 2.28 bits per heavy atom. The van der Waals surface area contributed by atoms with Crippen LogP contribution >= 0.6 is 0 Å². The first-order chi connectivity index (χ1) is 13.6. The van der Waals surface area contributed by atoms with Crippen molar-refractivity contribution in [1.82, 2.24) is 5.32 Å². The van der Waals surface area contributed by atoms with E-state index in [2.05, 4.69) is 10.0 Å². The zero-order chi connectivity index (χ0) is 21.7. The maximum absolute atomic E-state index is 12.8. The molecule has 0 spiro atoms. The number of sulfonamides is 1. The summed E-state index contributed by atoms with van der Waals surface area (Å²) in [6.45, 7) is 3.11. The summed E-state index contributed by atoms with van der Waals surface area (Å²) in [5.41, 5.74) is 0.945. The maximum atomic E-state index is 12.8. The van der Waals surface area contributed by atoms with Gasteiger partial charge in [-0.2, -0.15) is 0 Å². The molecule has 10 heteroatoms. The van der Waals surface area contributed by atoms with Crippen LogP contribution in [0.4, 0.5) is 5.69 Å². The van der Waals surface area contributed by atoms with Gasteiger partial charge in [0.2, 0.25) is 0 Å². The first-order valence-electron chi connectivity index (χ1n) is 8.84. The number of methoxy groups -OCH3 is 1. The molecular weight excluding hydrogens is 416 g/mol. The fraction of sp³-hybridized carbons (Fsp3) is 0.316. The van der Waals surface area contributed by atoms with Crippen molar-refractivity contribution in [2.45, 2.75) is 18.7 Å². The second kappa shape index (κ2) is 9.27. The Bertz CT molecular complexity index is 1080. The zero-order valence-electron chi connectivity index (χ0n) is 16.4. The first kappa shape index (κ1) is 22.7. The third-order valence-corrected chi connectivity index (χ3v) is 7.45. The summed E-state index contributed by atoms with van der Waals surface area (Å²) in [5.74, 6) is -0.136. The van der Waals surface area contributed by atoms with Crippen molar-refractivity contribution in [2.24, 2.45) is 0 Å². The number of carbonyl (C=O) groups excluding carboxylic acids is 1. The van der Waals surface area contributed by atoms with E-state index in [0.29, 0.717) is 17.0 Å². The van der Waals surface area contributed by atoms with E-state index in [1.165, 1.54) is 32.2 Å². The molecule has 0 unspecified atom stereocenters. The molecule has 0 aliphatic carbocycles. The van der Waals surface area contributed by atoms with Gasteiger partial charge in [-0.15, -0.1) is 0 Å². The highest BCUT2D eigenvalue weighted by Gasteiger charge is 2.20. The molecule has 2 N–H and O–H groups in total. The third-order valence-electron chi connectivity index (χ3n) is 4.22. The lowest BCUT2D eigenvalue weighted by Gasteiger charge is -2.12. The quantitative estimate of drug-likeness (QED) is 0.615. The average molecular weight is 441 g/mol. The van der Waals surface area contributed by atoms with Crippen LogP contribution in [-0.4, -0.2) is 47.9 Å². The number of hydrogen-bond acceptors (Lipinski definition) is 6. The van der Waals surface area contributed by atoms with Crippen LogP contribution in [0.1, 0.15) is 22.8 Å². The molecule has 0 radical (unpaired) electrons. The lowest BCUT2D eigenvalue weighted by Crippen LogP contribution is -2.29. The highest BCUT2D eigenvalue weighted by molar-refractivity contribution is 7.92. The van der Waals surface area contributed by atoms with Crippen molar-refractivity contribution < 1.29 is 26.4 Å². The maximum Gasteiger partial charge on any atom is 0.262 e. The minimum atomic E-state index is -3.93. The van der Waals surface area contributed by atoms with E-state index < -0.39 is 25.8 Å². The predicted molar refractivity (Wildman–Crippen MR) is 112 cm³/mol. The molecular formula is C19H24N2O6S2. The smallest absolute Gasteiger partial charge is 0.262 e. The van der Waals surface area contributed by atoms with E-state index in [0.717, 1.165) is 0 Å². The van der Waals surface area contributed by atoms with Gasteiger partial charge < -0.3 is 10.1 Å². The van der Waals surface area contributed by atoms with Crippen LogP contribution in [0.3, 0.4) is 0 Å². The third kappa shape index (κ3) is 6.20. The molecule has 0 aliphatic heterocycles. The molecule has 0 atom stereocenters. The number of benzene rings is 2. The van der Waals surface area contributed by atoms with Crippen molar-refractivity contribution in [3.8, 4) is 5.75 Å². The number of rotatable bonds is 9. The van der Waals surface area contributed by atoms with Gasteiger partial charge in [0.05, 0.1) is 17.8 Å². The van der Waals surface area contributed by atoms with Gasteiger partial charge in [-0.05, 0) is 48.9 Å². The molecule has 0 fully saturated rings. The summed E-state index contributed by atoms with van der Waals surface area (Å²) in [7, 11) is -5.63. The lowest BCUT2D eigenvalue weighted by atomic mass is 10.1. The van der Waals surface area contributed by atoms with Crippen LogP contribution in [0.15, 0.2) is 47.4 Å². The predicted octanol–water partition coefficient (Wildman–Crippen LogP) is 1.97. The fourth-order valence-electron chi connectivity index (χ4n) is 2.47. The largest absolute Gasteiger partial charge is 0.497 e. The van der Waals surface area contributed by atoms with Crippen LogP contribution in [0.5, 0.6) is 5.75 Å². The molecule has 29 heavy (non-hydrogen) atoms. The van der Waals surface area contributed by atoms with Crippen molar-refractivity contribution >= 4 is 31.5 Å². The van der Waals surface area contributed by atoms with Crippen LogP contribution < -0.4 is 14.8 Å². The van der Waals surface area contributed by atoms with E-state index in [9.17, 15) is 21.6 Å². The molecule has 0 aliphatic rings. The number of nitrogens with one attached hydrogen (secondary N) is 2. The Hall–Kier alpha value is -2.59. The molecule has 158 valence electrons. The number of aryl methyl sites for hydroxylation is 1. The van der Waals surface area contributed by atoms with Crippen LogP contribution in [-0.2, 0) is 19.9 Å². The average Bonchev–Trinajstić information content (AvgIpc) is 2.68. The van der Waals surface area contributed by atoms with Crippen LogP contribution in [0.2, 0.25) is 0 Å². The van der Waals surface area contributed by atoms with Gasteiger partial charge in [0, 0.05) is 23.5 Å². The van der Waals surface area contributed by atoms with Gasteiger partial charge >= 0.3 is 0 Å². The van der Waals surface area contributed by atoms with Crippen LogP contribution in [0.25, 0.3) is 0 Å². The lowest BCUT2D eigenvalue weighted by molar-refractivity contribution is 0.0956. The van der Waals surface area contributed by atoms with Crippen molar-refractivity contribution in [2.75, 3.05) is 29.9 Å². The van der Waals surface area contributed by atoms with Crippen molar-refractivity contribution in [1.29, 1.82) is 0 Å². The number of sulfone groups is 1. The van der Waals surface area contributed by atoms with Crippen molar-refractivity contribution in [3.63, 3.8) is 0 Å². The molecule has 0 saturated carbocycles. The first-order valence-corrected chi connectivity index (χ1v) is 12.1. The molecule has 2 aromatic rings. The minimum absolute atomic E-state index is 0.00712. The standard InChI is InChI=1S/C19H24N2O6S2/c1-4-28(23,24)12-11-20-19(22)15-6-5-14(2)18(13-15)29(25,26)21-16-7-9-17(27-3)10-8-16/h5-10,13,21H,4,11-12H2,1-3H3,(H,20,22). The Labute approximate surface area is 171 Å². The summed E-state index contributed by atoms with van der Waals surface area (Å²) < 4.78 is 56.1. The second-order valence-corrected chi connectivity index (χ2v) is 10.4. The number of hydrogen-bond donors (Lipinski definition) is 2. The monoisotopic (exact) mass is 440 g/mol. The normalized spacial score (nSPS) is 11.7. The molecule has 2 rings (SSSR count). The van der Waals surface area contributed by atoms with E-state index >= 15 is 0 Å². The second-order valence-electron chi connectivity index (χ2n) is 6.31. The van der Waals surface area contributed by atoms with E-state index in [-0.39, 0.29) is 28.5 Å². The van der Waals surface area contributed by atoms with E-state index in [1.54, 1.807) is 31.2 Å². The molecule has 8 nitrogen and oxygen atoms in total. The summed E-state index contributed by atoms with van der Waals surface area (Å²) in [4.78, 5) is 12.3. The van der Waals surface area contributed by atoms with E-state index in [1.807, 2.05) is 0 Å². The number of amides is 1. The molecule has 0 saturated heterocycles. The van der Waals surface area contributed by atoms with Gasteiger partial charge in [0.15, 0.2) is 9.84 Å². The Kier molecular flexibility index (Phi) is 7.26. The van der Waals surface area contributed by atoms with Gasteiger partial charge in [-0.1, -0.05) is 13.0 Å². The summed E-state index contributed by atoms with van der Waals surface area (Å²) in [6.07, 6.45) is 0. The number of carbonyl (C=O) groups is 1. The Morgan fingerprint density at radius 1 is 1.03 bits per heavy atom. The highest BCUT2D eigenvalue weighted by atomic mass is 32.2. The van der Waals surface area contributed by atoms with Gasteiger partial charge in [0.25, 0.3) is 15.9 Å². The van der Waals surface area contributed by atoms with Gasteiger partial charge in [-0.25, -0.2) is 16.8 Å². The Balaban J connectivity index is 2.19. The molecule has 0 bridgehead atoms.